The highest BCUT2D eigenvalue weighted by Gasteiger charge is 2.23. The van der Waals surface area contributed by atoms with Crippen LogP contribution in [0, 0.1) is 0 Å². The van der Waals surface area contributed by atoms with Crippen molar-refractivity contribution in [2.24, 2.45) is 0 Å². The molecule has 2 aromatic carbocycles. The van der Waals surface area contributed by atoms with E-state index < -0.39 is 0 Å². The van der Waals surface area contributed by atoms with Gasteiger partial charge in [-0.1, -0.05) is 60.7 Å². The minimum Gasteiger partial charge on any atom is -0.463 e. The van der Waals surface area contributed by atoms with Gasteiger partial charge in [-0.3, -0.25) is 5.32 Å². The van der Waals surface area contributed by atoms with E-state index in [1.807, 2.05) is 54.6 Å². The minimum absolute atomic E-state index is 0.131. The van der Waals surface area contributed by atoms with Crippen LogP contribution in [0.2, 0.25) is 0 Å². The molecule has 3 aromatic rings. The van der Waals surface area contributed by atoms with Crippen LogP contribution in [0.5, 0.6) is 0 Å². The van der Waals surface area contributed by atoms with E-state index in [1.165, 1.54) is 11.8 Å². The third-order valence-corrected chi connectivity index (χ3v) is 6.28. The third kappa shape index (κ3) is 5.44. The Morgan fingerprint density at radius 3 is 2.71 bits per heavy atom. The summed E-state index contributed by atoms with van der Waals surface area (Å²) in [5, 5.41) is 6.67. The first-order valence-electron chi connectivity index (χ1n) is 12.5. The summed E-state index contributed by atoms with van der Waals surface area (Å²) in [5.74, 6) is 2.40. The maximum atomic E-state index is 6.06. The molecule has 3 aliphatic rings. The number of ether oxygens (including phenoxy) is 4. The molecule has 1 aliphatic carbocycles. The van der Waals surface area contributed by atoms with Crippen molar-refractivity contribution < 1.29 is 23.4 Å². The van der Waals surface area contributed by atoms with E-state index in [-0.39, 0.29) is 12.8 Å². The van der Waals surface area contributed by atoms with Gasteiger partial charge in [0, 0.05) is 11.3 Å². The molecule has 192 valence electrons. The summed E-state index contributed by atoms with van der Waals surface area (Å²) in [6, 6.07) is 18.3. The molecule has 0 spiro atoms. The standard InChI is InChI=1S/C30H27N3O5/c1-3-9-21(10-4-1)15-25(28-18-35-20-36-28)32-24-14-8-7-13-23(24)26-16-31-30(38-26)33-29-19-34-17-27(37-29)22-11-5-2-6-12-22/h1-5,7-11,13-14,16-19,25,32H,6,12,15,20H2,(H,31,33). The number of rotatable bonds is 9. The average Bonchev–Trinajstić information content (AvgIpc) is 3.67. The molecule has 8 heteroatoms. The number of para-hydroxylation sites is 1. The van der Waals surface area contributed by atoms with Gasteiger partial charge in [0.2, 0.25) is 12.7 Å². The van der Waals surface area contributed by atoms with Crippen molar-refractivity contribution in [3.63, 3.8) is 0 Å². The molecule has 0 radical (unpaired) electrons. The highest BCUT2D eigenvalue weighted by molar-refractivity contribution is 5.75. The number of hydrogen-bond donors (Lipinski definition) is 2. The van der Waals surface area contributed by atoms with Gasteiger partial charge in [0.15, 0.2) is 23.5 Å². The number of nitrogens with zero attached hydrogens (tertiary/aromatic N) is 1. The van der Waals surface area contributed by atoms with Crippen LogP contribution >= 0.6 is 0 Å². The summed E-state index contributed by atoms with van der Waals surface area (Å²) >= 11 is 0. The van der Waals surface area contributed by atoms with E-state index in [4.69, 9.17) is 23.4 Å². The van der Waals surface area contributed by atoms with Crippen molar-refractivity contribution in [3.8, 4) is 11.3 Å². The molecule has 38 heavy (non-hydrogen) atoms. The Bertz CT molecular complexity index is 1430. The lowest BCUT2D eigenvalue weighted by Gasteiger charge is -2.21. The number of aromatic nitrogens is 1. The van der Waals surface area contributed by atoms with Gasteiger partial charge in [0.1, 0.15) is 12.5 Å². The first-order valence-corrected chi connectivity index (χ1v) is 12.5. The van der Waals surface area contributed by atoms with E-state index in [2.05, 4.69) is 33.8 Å². The van der Waals surface area contributed by atoms with Gasteiger partial charge in [0.05, 0.1) is 12.2 Å². The molecule has 3 heterocycles. The second kappa shape index (κ2) is 11.0. The van der Waals surface area contributed by atoms with Gasteiger partial charge in [-0.25, -0.2) is 4.98 Å². The molecule has 0 fully saturated rings. The van der Waals surface area contributed by atoms with Crippen molar-refractivity contribution in [1.29, 1.82) is 0 Å². The molecule has 1 aromatic heterocycles. The molecule has 0 amide bonds. The summed E-state index contributed by atoms with van der Waals surface area (Å²) in [6.45, 7) is 0.216. The fraction of sp³-hybridized carbons (Fsp3) is 0.167. The molecular formula is C30H27N3O5. The third-order valence-electron chi connectivity index (χ3n) is 6.28. The predicted octanol–water partition coefficient (Wildman–Crippen LogP) is 6.59. The van der Waals surface area contributed by atoms with E-state index >= 15 is 0 Å². The molecule has 8 nitrogen and oxygen atoms in total. The molecule has 0 bridgehead atoms. The van der Waals surface area contributed by atoms with Crippen LogP contribution in [0.15, 0.2) is 125 Å². The molecule has 0 saturated carbocycles. The normalized spacial score (nSPS) is 16.9. The fourth-order valence-electron chi connectivity index (χ4n) is 4.41. The number of oxazole rings is 1. The zero-order chi connectivity index (χ0) is 25.6. The maximum absolute atomic E-state index is 6.06. The van der Waals surface area contributed by atoms with Crippen LogP contribution in [-0.2, 0) is 25.4 Å². The van der Waals surface area contributed by atoms with Crippen LogP contribution in [0.4, 0.5) is 11.7 Å². The average molecular weight is 510 g/mol. The Balaban J connectivity index is 1.18. The SMILES string of the molecule is C1=CCCC(C2=COC=C(Nc3ncc(-c4ccccc4NC(Cc4ccccc4)C4=COCO4)o3)O2)=C1. The van der Waals surface area contributed by atoms with E-state index in [1.54, 1.807) is 18.7 Å². The number of hydrogen-bond acceptors (Lipinski definition) is 8. The van der Waals surface area contributed by atoms with Crippen LogP contribution < -0.4 is 10.6 Å². The van der Waals surface area contributed by atoms with Gasteiger partial charge in [-0.15, -0.1) is 0 Å². The fourth-order valence-corrected chi connectivity index (χ4v) is 4.41. The molecular weight excluding hydrogens is 482 g/mol. The lowest BCUT2D eigenvalue weighted by atomic mass is 10.0. The van der Waals surface area contributed by atoms with E-state index in [0.717, 1.165) is 41.8 Å². The van der Waals surface area contributed by atoms with Crippen LogP contribution in [0.1, 0.15) is 18.4 Å². The van der Waals surface area contributed by atoms with Gasteiger partial charge < -0.3 is 28.7 Å². The second-order valence-corrected chi connectivity index (χ2v) is 8.90. The Kier molecular flexibility index (Phi) is 6.84. The summed E-state index contributed by atoms with van der Waals surface area (Å²) in [6.07, 6.45) is 15.2. The Morgan fingerprint density at radius 2 is 1.87 bits per heavy atom. The summed E-state index contributed by atoms with van der Waals surface area (Å²) < 4.78 is 28.6. The molecule has 1 atom stereocenters. The van der Waals surface area contributed by atoms with Gasteiger partial charge in [0.25, 0.3) is 0 Å². The number of nitrogens with one attached hydrogen (secondary N) is 2. The zero-order valence-electron chi connectivity index (χ0n) is 20.6. The number of allylic oxidation sites excluding steroid dienone is 4. The molecule has 0 saturated heterocycles. The van der Waals surface area contributed by atoms with Crippen molar-refractivity contribution in [3.05, 3.63) is 126 Å². The lowest BCUT2D eigenvalue weighted by Crippen LogP contribution is -2.25. The van der Waals surface area contributed by atoms with Crippen molar-refractivity contribution in [2.45, 2.75) is 25.3 Å². The maximum Gasteiger partial charge on any atom is 0.302 e. The zero-order valence-corrected chi connectivity index (χ0v) is 20.6. The van der Waals surface area contributed by atoms with Crippen LogP contribution in [0.25, 0.3) is 11.3 Å². The second-order valence-electron chi connectivity index (χ2n) is 8.90. The first kappa shape index (κ1) is 23.5. The number of benzene rings is 2. The van der Waals surface area contributed by atoms with E-state index in [0.29, 0.717) is 23.4 Å². The smallest absolute Gasteiger partial charge is 0.302 e. The van der Waals surface area contributed by atoms with Gasteiger partial charge in [-0.05, 0) is 42.5 Å². The van der Waals surface area contributed by atoms with E-state index in [9.17, 15) is 0 Å². The number of anilines is 2. The van der Waals surface area contributed by atoms with Crippen LogP contribution in [-0.4, -0.2) is 17.8 Å². The quantitative estimate of drug-likeness (QED) is 0.334. The Labute approximate surface area is 220 Å². The summed E-state index contributed by atoms with van der Waals surface area (Å²) in [5.41, 5.74) is 4.00. The molecule has 2 N–H and O–H groups in total. The Hall–Kier alpha value is -4.85. The monoisotopic (exact) mass is 509 g/mol. The summed E-state index contributed by atoms with van der Waals surface area (Å²) in [7, 11) is 0. The predicted molar refractivity (Wildman–Crippen MR) is 143 cm³/mol. The van der Waals surface area contributed by atoms with Crippen LogP contribution in [0.3, 0.4) is 0 Å². The highest BCUT2D eigenvalue weighted by atomic mass is 16.7. The topological polar surface area (TPSA) is 87.0 Å². The lowest BCUT2D eigenvalue weighted by molar-refractivity contribution is 0.0764. The molecule has 6 rings (SSSR count). The summed E-state index contributed by atoms with van der Waals surface area (Å²) in [4.78, 5) is 4.41. The van der Waals surface area contributed by atoms with Gasteiger partial charge >= 0.3 is 6.01 Å². The highest BCUT2D eigenvalue weighted by Crippen LogP contribution is 2.33. The Morgan fingerprint density at radius 1 is 0.974 bits per heavy atom. The van der Waals surface area contributed by atoms with Crippen molar-refractivity contribution in [2.75, 3.05) is 17.4 Å². The molecule has 2 aliphatic heterocycles. The van der Waals surface area contributed by atoms with Crippen molar-refractivity contribution >= 4 is 11.7 Å². The largest absolute Gasteiger partial charge is 0.463 e. The van der Waals surface area contributed by atoms with Gasteiger partial charge in [-0.2, -0.15) is 0 Å². The molecule has 1 unspecified atom stereocenters. The minimum atomic E-state index is -0.131. The first-order chi connectivity index (χ1) is 18.8. The van der Waals surface area contributed by atoms with Crippen molar-refractivity contribution in [1.82, 2.24) is 4.98 Å².